The van der Waals surface area contributed by atoms with Crippen LogP contribution in [0.15, 0.2) is 71.9 Å². The van der Waals surface area contributed by atoms with Gasteiger partial charge in [0.15, 0.2) is 11.0 Å². The first kappa shape index (κ1) is 24.3. The molecule has 7 nitrogen and oxygen atoms in total. The van der Waals surface area contributed by atoms with E-state index in [4.69, 9.17) is 9.47 Å². The molecule has 0 fully saturated rings. The number of ether oxygens (including phenoxy) is 2. The number of nitrogens with zero attached hydrogens (tertiary/aromatic N) is 3. The minimum absolute atomic E-state index is 0.106. The Bertz CT molecular complexity index is 1330. The van der Waals surface area contributed by atoms with Gasteiger partial charge < -0.3 is 14.8 Å². The molecule has 0 saturated heterocycles. The fourth-order valence-corrected chi connectivity index (χ4v) is 4.58. The second-order valence-electron chi connectivity index (χ2n) is 8.11. The van der Waals surface area contributed by atoms with Crippen LogP contribution >= 0.6 is 11.8 Å². The first-order valence-electron chi connectivity index (χ1n) is 11.2. The third-order valence-electron chi connectivity index (χ3n) is 5.60. The van der Waals surface area contributed by atoms with E-state index in [0.29, 0.717) is 16.7 Å². The van der Waals surface area contributed by atoms with Gasteiger partial charge in [-0.3, -0.25) is 9.36 Å². The van der Waals surface area contributed by atoms with E-state index in [9.17, 15) is 4.79 Å². The van der Waals surface area contributed by atoms with Crippen molar-refractivity contribution in [1.29, 1.82) is 0 Å². The minimum atomic E-state index is -0.414. The van der Waals surface area contributed by atoms with Gasteiger partial charge in [-0.2, -0.15) is 0 Å². The van der Waals surface area contributed by atoms with Crippen molar-refractivity contribution in [3.05, 3.63) is 77.9 Å². The lowest BCUT2D eigenvalue weighted by Gasteiger charge is -2.16. The molecule has 180 valence electrons. The highest BCUT2D eigenvalue weighted by Gasteiger charge is 2.23. The van der Waals surface area contributed by atoms with Crippen LogP contribution in [-0.4, -0.2) is 40.1 Å². The van der Waals surface area contributed by atoms with Gasteiger partial charge >= 0.3 is 0 Å². The smallest absolute Gasteiger partial charge is 0.237 e. The summed E-state index contributed by atoms with van der Waals surface area (Å²) in [5.74, 6) is 1.95. The van der Waals surface area contributed by atoms with Gasteiger partial charge in [0.25, 0.3) is 0 Å². The molecule has 0 aliphatic heterocycles. The molecule has 8 heteroatoms. The van der Waals surface area contributed by atoms with Crippen molar-refractivity contribution in [1.82, 2.24) is 14.8 Å². The number of aromatic nitrogens is 3. The number of hydrogen-bond acceptors (Lipinski definition) is 6. The molecule has 1 heterocycles. The molecule has 0 spiro atoms. The van der Waals surface area contributed by atoms with Crippen molar-refractivity contribution >= 4 is 23.4 Å². The predicted molar refractivity (Wildman–Crippen MR) is 140 cm³/mol. The van der Waals surface area contributed by atoms with E-state index in [2.05, 4.69) is 15.5 Å². The van der Waals surface area contributed by atoms with Crippen LogP contribution < -0.4 is 14.8 Å². The van der Waals surface area contributed by atoms with Crippen molar-refractivity contribution in [3.63, 3.8) is 0 Å². The van der Waals surface area contributed by atoms with Crippen molar-refractivity contribution in [2.24, 2.45) is 0 Å². The molecule has 1 aromatic heterocycles. The van der Waals surface area contributed by atoms with Crippen LogP contribution in [0.3, 0.4) is 0 Å². The topological polar surface area (TPSA) is 78.3 Å². The van der Waals surface area contributed by atoms with Crippen LogP contribution in [0.1, 0.15) is 18.1 Å². The van der Waals surface area contributed by atoms with Crippen molar-refractivity contribution in [2.45, 2.75) is 31.2 Å². The number of thioether (sulfide) groups is 1. The van der Waals surface area contributed by atoms with Crippen LogP contribution in [0.25, 0.3) is 17.1 Å². The molecular formula is C27H28N4O3S. The predicted octanol–water partition coefficient (Wildman–Crippen LogP) is 5.69. The maximum atomic E-state index is 13.0. The number of anilines is 1. The number of carbonyl (C=O) groups is 1. The zero-order valence-corrected chi connectivity index (χ0v) is 21.2. The fourth-order valence-electron chi connectivity index (χ4n) is 3.71. The normalized spacial score (nSPS) is 11.7. The molecule has 1 atom stereocenters. The highest BCUT2D eigenvalue weighted by molar-refractivity contribution is 8.00. The average Bonchev–Trinajstić information content (AvgIpc) is 3.28. The molecule has 4 rings (SSSR count). The first-order valence-corrected chi connectivity index (χ1v) is 12.1. The van der Waals surface area contributed by atoms with Gasteiger partial charge in [-0.1, -0.05) is 41.6 Å². The molecule has 0 aliphatic rings. The summed E-state index contributed by atoms with van der Waals surface area (Å²) >= 11 is 1.35. The number of hydrogen-bond donors (Lipinski definition) is 1. The summed E-state index contributed by atoms with van der Waals surface area (Å²) in [5.41, 5.74) is 4.63. The quantitative estimate of drug-likeness (QED) is 0.321. The molecule has 3 aromatic carbocycles. The van der Waals surface area contributed by atoms with E-state index >= 15 is 0 Å². The average molecular weight is 489 g/mol. The van der Waals surface area contributed by atoms with Crippen molar-refractivity contribution in [2.75, 3.05) is 19.5 Å². The number of para-hydroxylation sites is 1. The summed E-state index contributed by atoms with van der Waals surface area (Å²) < 4.78 is 12.8. The molecule has 0 radical (unpaired) electrons. The molecule has 0 bridgehead atoms. The van der Waals surface area contributed by atoms with Gasteiger partial charge in [0, 0.05) is 5.69 Å². The zero-order chi connectivity index (χ0) is 24.9. The standard InChI is InChI=1S/C27H28N4O3S/c1-17-10-15-23(18(2)16-17)28-26(32)19(3)35-27-30-29-25(22-8-6-7-9-24(22)34-5)31(27)20-11-13-21(33-4)14-12-20/h6-16,19H,1-5H3,(H,28,32). The SMILES string of the molecule is COc1ccc(-n2c(SC(C)C(=O)Nc3ccc(C)cc3C)nnc2-c2ccccc2OC)cc1. The molecule has 4 aromatic rings. The fraction of sp³-hybridized carbons (Fsp3) is 0.222. The van der Waals surface area contributed by atoms with Crippen LogP contribution in [0.4, 0.5) is 5.69 Å². The molecule has 0 saturated carbocycles. The van der Waals surface area contributed by atoms with Gasteiger partial charge in [0.1, 0.15) is 11.5 Å². The van der Waals surface area contributed by atoms with Crippen molar-refractivity contribution in [3.8, 4) is 28.6 Å². The van der Waals surface area contributed by atoms with Crippen molar-refractivity contribution < 1.29 is 14.3 Å². The Kier molecular flexibility index (Phi) is 7.41. The van der Waals surface area contributed by atoms with Crippen LogP contribution in [-0.2, 0) is 4.79 Å². The number of benzene rings is 3. The van der Waals surface area contributed by atoms with Gasteiger partial charge in [-0.15, -0.1) is 10.2 Å². The van der Waals surface area contributed by atoms with Crippen LogP contribution in [0.2, 0.25) is 0 Å². The number of methoxy groups -OCH3 is 2. The molecule has 1 amide bonds. The third kappa shape index (κ3) is 5.33. The lowest BCUT2D eigenvalue weighted by molar-refractivity contribution is -0.115. The lowest BCUT2D eigenvalue weighted by Crippen LogP contribution is -2.23. The maximum Gasteiger partial charge on any atom is 0.237 e. The number of carbonyl (C=O) groups excluding carboxylic acids is 1. The van der Waals surface area contributed by atoms with E-state index in [0.717, 1.165) is 33.8 Å². The monoisotopic (exact) mass is 488 g/mol. The van der Waals surface area contributed by atoms with Gasteiger partial charge in [-0.05, 0) is 68.8 Å². The number of nitrogens with one attached hydrogen (secondary N) is 1. The van der Waals surface area contributed by atoms with Gasteiger partial charge in [0.2, 0.25) is 5.91 Å². The Morgan fingerprint density at radius 1 is 0.971 bits per heavy atom. The lowest BCUT2D eigenvalue weighted by atomic mass is 10.1. The van der Waals surface area contributed by atoms with Crippen LogP contribution in [0.5, 0.6) is 11.5 Å². The molecule has 0 aliphatic carbocycles. The Morgan fingerprint density at radius 2 is 1.71 bits per heavy atom. The summed E-state index contributed by atoms with van der Waals surface area (Å²) in [6, 6.07) is 21.3. The molecular weight excluding hydrogens is 460 g/mol. The summed E-state index contributed by atoms with van der Waals surface area (Å²) in [7, 11) is 3.26. The molecule has 1 N–H and O–H groups in total. The largest absolute Gasteiger partial charge is 0.497 e. The second-order valence-corrected chi connectivity index (χ2v) is 9.42. The van der Waals surface area contributed by atoms with E-state index in [-0.39, 0.29) is 5.91 Å². The summed E-state index contributed by atoms with van der Waals surface area (Å²) in [4.78, 5) is 13.0. The van der Waals surface area contributed by atoms with E-state index in [1.165, 1.54) is 11.8 Å². The Hall–Kier alpha value is -3.78. The Labute approximate surface area is 209 Å². The number of amides is 1. The molecule has 1 unspecified atom stereocenters. The highest BCUT2D eigenvalue weighted by atomic mass is 32.2. The number of rotatable bonds is 8. The first-order chi connectivity index (χ1) is 16.9. The summed E-state index contributed by atoms with van der Waals surface area (Å²) in [6.45, 7) is 5.88. The van der Waals surface area contributed by atoms with Gasteiger partial charge in [0.05, 0.1) is 30.7 Å². The minimum Gasteiger partial charge on any atom is -0.497 e. The zero-order valence-electron chi connectivity index (χ0n) is 20.4. The van der Waals surface area contributed by atoms with E-state index in [1.807, 2.05) is 92.1 Å². The third-order valence-corrected chi connectivity index (χ3v) is 6.65. The molecule has 35 heavy (non-hydrogen) atoms. The Morgan fingerprint density at radius 3 is 2.40 bits per heavy atom. The van der Waals surface area contributed by atoms with E-state index in [1.54, 1.807) is 14.2 Å². The second kappa shape index (κ2) is 10.7. The maximum absolute atomic E-state index is 13.0. The Balaban J connectivity index is 1.68. The number of aryl methyl sites for hydroxylation is 2. The van der Waals surface area contributed by atoms with Gasteiger partial charge in [-0.25, -0.2) is 0 Å². The highest BCUT2D eigenvalue weighted by Crippen LogP contribution is 2.35. The summed E-state index contributed by atoms with van der Waals surface area (Å²) in [6.07, 6.45) is 0. The van der Waals surface area contributed by atoms with E-state index < -0.39 is 5.25 Å². The van der Waals surface area contributed by atoms with Crippen LogP contribution in [0, 0.1) is 13.8 Å². The summed E-state index contributed by atoms with van der Waals surface area (Å²) in [5, 5.41) is 12.2.